The number of carbonyl (C=O) groups is 1. The van der Waals surface area contributed by atoms with Crippen LogP contribution in [0, 0.1) is 6.92 Å². The Morgan fingerprint density at radius 3 is 2.75 bits per heavy atom. The molecule has 4 nitrogen and oxygen atoms in total. The summed E-state index contributed by atoms with van der Waals surface area (Å²) in [4.78, 5) is 17.4. The predicted octanol–water partition coefficient (Wildman–Crippen LogP) is 6.01. The van der Waals surface area contributed by atoms with Crippen molar-refractivity contribution < 1.29 is 9.53 Å². The van der Waals surface area contributed by atoms with Crippen molar-refractivity contribution in [2.45, 2.75) is 26.7 Å². The highest BCUT2D eigenvalue weighted by atomic mass is 32.2. The lowest BCUT2D eigenvalue weighted by atomic mass is 10.0. The van der Waals surface area contributed by atoms with E-state index in [-0.39, 0.29) is 5.78 Å². The van der Waals surface area contributed by atoms with Gasteiger partial charge in [0.15, 0.2) is 5.78 Å². The van der Waals surface area contributed by atoms with Crippen LogP contribution in [0.15, 0.2) is 48.7 Å². The highest BCUT2D eigenvalue weighted by Crippen LogP contribution is 2.35. The SMILES string of the molecule is CCCC(=O)c1cnc2c(OCCSC)cccc2c1Nc1ccccc1C. The Morgan fingerprint density at radius 1 is 1.18 bits per heavy atom. The van der Waals surface area contributed by atoms with Crippen LogP contribution in [0.3, 0.4) is 0 Å². The summed E-state index contributed by atoms with van der Waals surface area (Å²) in [5.74, 6) is 1.76. The zero-order valence-corrected chi connectivity index (χ0v) is 17.4. The van der Waals surface area contributed by atoms with Crippen molar-refractivity contribution in [2.24, 2.45) is 0 Å². The van der Waals surface area contributed by atoms with Gasteiger partial charge >= 0.3 is 0 Å². The fourth-order valence-electron chi connectivity index (χ4n) is 3.10. The normalized spacial score (nSPS) is 10.8. The van der Waals surface area contributed by atoms with Crippen molar-refractivity contribution in [3.63, 3.8) is 0 Å². The maximum atomic E-state index is 12.8. The van der Waals surface area contributed by atoms with Crippen LogP contribution >= 0.6 is 11.8 Å². The first-order chi connectivity index (χ1) is 13.7. The number of pyridine rings is 1. The molecule has 28 heavy (non-hydrogen) atoms. The number of benzene rings is 2. The molecular weight excluding hydrogens is 368 g/mol. The summed E-state index contributed by atoms with van der Waals surface area (Å²) in [5, 5.41) is 4.39. The summed E-state index contributed by atoms with van der Waals surface area (Å²) in [6.07, 6.45) is 5.04. The number of ether oxygens (including phenoxy) is 1. The molecule has 0 amide bonds. The monoisotopic (exact) mass is 394 g/mol. The van der Waals surface area contributed by atoms with E-state index in [2.05, 4.69) is 29.5 Å². The Kier molecular flexibility index (Phi) is 6.93. The van der Waals surface area contributed by atoms with Crippen molar-refractivity contribution in [3.05, 3.63) is 59.8 Å². The Balaban J connectivity index is 2.12. The molecule has 0 unspecified atom stereocenters. The Morgan fingerprint density at radius 2 is 2.00 bits per heavy atom. The molecule has 2 aromatic carbocycles. The van der Waals surface area contributed by atoms with E-state index in [1.54, 1.807) is 18.0 Å². The Hall–Kier alpha value is -2.53. The molecule has 0 fully saturated rings. The predicted molar refractivity (Wildman–Crippen MR) is 119 cm³/mol. The van der Waals surface area contributed by atoms with E-state index in [9.17, 15) is 4.79 Å². The molecule has 0 saturated carbocycles. The molecule has 0 spiro atoms. The van der Waals surface area contributed by atoms with E-state index in [1.807, 2.05) is 43.3 Å². The van der Waals surface area contributed by atoms with Crippen LogP contribution in [-0.4, -0.2) is 29.4 Å². The number of hydrogen-bond donors (Lipinski definition) is 1. The van der Waals surface area contributed by atoms with Gasteiger partial charge in [0.05, 0.1) is 17.9 Å². The van der Waals surface area contributed by atoms with Gasteiger partial charge in [0.2, 0.25) is 0 Å². The van der Waals surface area contributed by atoms with Gasteiger partial charge in [0.1, 0.15) is 11.3 Å². The molecule has 0 aliphatic rings. The smallest absolute Gasteiger partial charge is 0.166 e. The van der Waals surface area contributed by atoms with E-state index in [0.717, 1.165) is 45.8 Å². The number of aromatic nitrogens is 1. The molecule has 3 aromatic rings. The summed E-state index contributed by atoms with van der Waals surface area (Å²) in [7, 11) is 0. The fraction of sp³-hybridized carbons (Fsp3) is 0.304. The van der Waals surface area contributed by atoms with E-state index in [0.29, 0.717) is 18.6 Å². The molecule has 146 valence electrons. The van der Waals surface area contributed by atoms with Gasteiger partial charge in [-0.05, 0) is 37.3 Å². The van der Waals surface area contributed by atoms with Gasteiger partial charge < -0.3 is 10.1 Å². The van der Waals surface area contributed by atoms with Gasteiger partial charge in [-0.3, -0.25) is 9.78 Å². The minimum Gasteiger partial charge on any atom is -0.490 e. The average Bonchev–Trinajstić information content (AvgIpc) is 2.70. The van der Waals surface area contributed by atoms with Crippen LogP contribution in [0.1, 0.15) is 35.7 Å². The molecule has 0 aliphatic carbocycles. The van der Waals surface area contributed by atoms with Crippen LogP contribution in [0.4, 0.5) is 11.4 Å². The molecule has 3 rings (SSSR count). The van der Waals surface area contributed by atoms with Crippen LogP contribution in [0.25, 0.3) is 10.9 Å². The molecule has 1 N–H and O–H groups in total. The topological polar surface area (TPSA) is 51.2 Å². The third-order valence-electron chi connectivity index (χ3n) is 4.59. The molecule has 0 saturated heterocycles. The first-order valence-corrected chi connectivity index (χ1v) is 10.9. The minimum absolute atomic E-state index is 0.0988. The average molecular weight is 395 g/mol. The summed E-state index contributed by atoms with van der Waals surface area (Å²) in [6.45, 7) is 4.69. The number of aryl methyl sites for hydroxylation is 1. The summed E-state index contributed by atoms with van der Waals surface area (Å²) in [5.41, 5.74) is 4.29. The number of hydrogen-bond acceptors (Lipinski definition) is 5. The number of nitrogens with one attached hydrogen (secondary N) is 1. The third kappa shape index (κ3) is 4.47. The quantitative estimate of drug-likeness (QED) is 0.356. The van der Waals surface area contributed by atoms with Crippen LogP contribution in [-0.2, 0) is 0 Å². The largest absolute Gasteiger partial charge is 0.490 e. The lowest BCUT2D eigenvalue weighted by Crippen LogP contribution is -2.07. The molecule has 0 atom stereocenters. The molecule has 0 bridgehead atoms. The number of thioether (sulfide) groups is 1. The number of ketones is 1. The summed E-state index contributed by atoms with van der Waals surface area (Å²) >= 11 is 1.74. The minimum atomic E-state index is 0.0988. The molecule has 1 aromatic heterocycles. The molecule has 0 aliphatic heterocycles. The second-order valence-corrected chi connectivity index (χ2v) is 7.64. The summed E-state index contributed by atoms with van der Waals surface area (Å²) < 4.78 is 5.94. The van der Waals surface area contributed by atoms with Gasteiger partial charge in [-0.15, -0.1) is 0 Å². The van der Waals surface area contributed by atoms with Crippen molar-refractivity contribution in [3.8, 4) is 5.75 Å². The number of para-hydroxylation sites is 2. The highest BCUT2D eigenvalue weighted by Gasteiger charge is 2.17. The zero-order chi connectivity index (χ0) is 19.9. The van der Waals surface area contributed by atoms with Crippen LogP contribution < -0.4 is 10.1 Å². The van der Waals surface area contributed by atoms with Crippen molar-refractivity contribution in [2.75, 3.05) is 23.9 Å². The van der Waals surface area contributed by atoms with Crippen molar-refractivity contribution in [1.82, 2.24) is 4.98 Å². The highest BCUT2D eigenvalue weighted by molar-refractivity contribution is 7.98. The van der Waals surface area contributed by atoms with Crippen LogP contribution in [0.2, 0.25) is 0 Å². The molecular formula is C23H26N2O2S. The molecule has 5 heteroatoms. The number of rotatable bonds is 9. The van der Waals surface area contributed by atoms with Gasteiger partial charge in [-0.1, -0.05) is 37.3 Å². The lowest BCUT2D eigenvalue weighted by molar-refractivity contribution is 0.0982. The number of fused-ring (bicyclic) bond motifs is 1. The zero-order valence-electron chi connectivity index (χ0n) is 16.6. The maximum Gasteiger partial charge on any atom is 0.166 e. The Bertz CT molecular complexity index is 972. The first kappa shape index (κ1) is 20.2. The number of anilines is 2. The molecule has 0 radical (unpaired) electrons. The van der Waals surface area contributed by atoms with Crippen LogP contribution in [0.5, 0.6) is 5.75 Å². The van der Waals surface area contributed by atoms with E-state index < -0.39 is 0 Å². The van der Waals surface area contributed by atoms with E-state index in [4.69, 9.17) is 4.74 Å². The van der Waals surface area contributed by atoms with Gasteiger partial charge in [0, 0.05) is 29.4 Å². The standard InChI is InChI=1S/C23H26N2O2S/c1-4-8-20(26)18-15-24-23-17(10-7-12-21(23)27-13-14-28-3)22(18)25-19-11-6-5-9-16(19)2/h5-7,9-12,15H,4,8,13-14H2,1-3H3,(H,24,25). The fourth-order valence-corrected chi connectivity index (χ4v) is 3.35. The summed E-state index contributed by atoms with van der Waals surface area (Å²) in [6, 6.07) is 13.9. The van der Waals surface area contributed by atoms with Crippen molar-refractivity contribution >= 4 is 39.8 Å². The molecule has 1 heterocycles. The number of Topliss-reactive ketones (excluding diaryl/α,β-unsaturated/α-hetero) is 1. The van der Waals surface area contributed by atoms with E-state index in [1.165, 1.54) is 0 Å². The third-order valence-corrected chi connectivity index (χ3v) is 5.16. The Labute approximate surface area is 170 Å². The van der Waals surface area contributed by atoms with Gasteiger partial charge in [0.25, 0.3) is 0 Å². The maximum absolute atomic E-state index is 12.8. The van der Waals surface area contributed by atoms with Crippen molar-refractivity contribution in [1.29, 1.82) is 0 Å². The number of carbonyl (C=O) groups excluding carboxylic acids is 1. The number of nitrogens with zero attached hydrogens (tertiary/aromatic N) is 1. The van der Waals surface area contributed by atoms with E-state index >= 15 is 0 Å². The van der Waals surface area contributed by atoms with Gasteiger partial charge in [-0.2, -0.15) is 11.8 Å². The lowest BCUT2D eigenvalue weighted by Gasteiger charge is -2.17. The van der Waals surface area contributed by atoms with Gasteiger partial charge in [-0.25, -0.2) is 0 Å². The second kappa shape index (κ2) is 9.60. The second-order valence-electron chi connectivity index (χ2n) is 6.65. The first-order valence-electron chi connectivity index (χ1n) is 9.55.